The van der Waals surface area contributed by atoms with Crippen LogP contribution < -0.4 is 5.32 Å². The second kappa shape index (κ2) is 9.89. The molecule has 0 aliphatic heterocycles. The van der Waals surface area contributed by atoms with Gasteiger partial charge in [-0.1, -0.05) is 45.4 Å². The van der Waals surface area contributed by atoms with E-state index in [9.17, 15) is 8.42 Å². The van der Waals surface area contributed by atoms with Crippen LogP contribution in [0, 0.1) is 0 Å². The van der Waals surface area contributed by atoms with Gasteiger partial charge in [0.05, 0.1) is 5.75 Å². The van der Waals surface area contributed by atoms with Gasteiger partial charge in [0.25, 0.3) is 0 Å². The minimum absolute atomic E-state index is 0.0742. The highest BCUT2D eigenvalue weighted by atomic mass is 32.2. The molecule has 17 heavy (non-hydrogen) atoms. The van der Waals surface area contributed by atoms with Gasteiger partial charge in [-0.2, -0.15) is 0 Å². The van der Waals surface area contributed by atoms with Gasteiger partial charge in [0.2, 0.25) is 0 Å². The second-order valence-corrected chi connectivity index (χ2v) is 7.25. The van der Waals surface area contributed by atoms with Gasteiger partial charge >= 0.3 is 0 Å². The van der Waals surface area contributed by atoms with Crippen molar-refractivity contribution in [3.63, 3.8) is 0 Å². The van der Waals surface area contributed by atoms with Crippen LogP contribution in [0.25, 0.3) is 0 Å². The first-order valence-electron chi connectivity index (χ1n) is 6.87. The topological polar surface area (TPSA) is 46.2 Å². The third-order valence-electron chi connectivity index (χ3n) is 2.83. The Balaban J connectivity index is 3.28. The second-order valence-electron chi connectivity index (χ2n) is 5.07. The predicted octanol–water partition coefficient (Wildman–Crippen LogP) is 2.76. The number of rotatable bonds is 11. The summed E-state index contributed by atoms with van der Waals surface area (Å²) in [6.07, 6.45) is 10.3. The summed E-state index contributed by atoms with van der Waals surface area (Å²) in [6.45, 7) is 5.10. The van der Waals surface area contributed by atoms with Crippen LogP contribution in [0.2, 0.25) is 0 Å². The molecule has 1 N–H and O–H groups in total. The Hall–Kier alpha value is -0.0900. The van der Waals surface area contributed by atoms with Crippen LogP contribution >= 0.6 is 0 Å². The molecule has 0 heterocycles. The third-order valence-corrected chi connectivity index (χ3v) is 3.93. The summed E-state index contributed by atoms with van der Waals surface area (Å²) >= 11 is 0. The van der Waals surface area contributed by atoms with Gasteiger partial charge in [0.1, 0.15) is 9.84 Å². The lowest BCUT2D eigenvalue weighted by atomic mass is 10.1. The fourth-order valence-electron chi connectivity index (χ4n) is 1.94. The maximum atomic E-state index is 11.0. The molecule has 0 aromatic carbocycles. The van der Waals surface area contributed by atoms with Gasteiger partial charge in [-0.25, -0.2) is 8.42 Å². The zero-order valence-electron chi connectivity index (χ0n) is 11.7. The zero-order chi connectivity index (χ0) is 13.1. The molecule has 0 amide bonds. The third kappa shape index (κ3) is 13.8. The van der Waals surface area contributed by atoms with Gasteiger partial charge in [-0.05, 0) is 19.9 Å². The van der Waals surface area contributed by atoms with Crippen molar-refractivity contribution < 1.29 is 8.42 Å². The van der Waals surface area contributed by atoms with Gasteiger partial charge in [0.15, 0.2) is 0 Å². The predicted molar refractivity (Wildman–Crippen MR) is 75.2 cm³/mol. The molecule has 0 saturated heterocycles. The smallest absolute Gasteiger partial charge is 0.148 e. The van der Waals surface area contributed by atoms with Crippen molar-refractivity contribution in [2.45, 2.75) is 64.8 Å². The number of nitrogens with one attached hydrogen (secondary N) is 1. The summed E-state index contributed by atoms with van der Waals surface area (Å²) < 4.78 is 22.1. The van der Waals surface area contributed by atoms with E-state index in [0.29, 0.717) is 0 Å². The minimum atomic E-state index is -2.84. The molecular weight excluding hydrogens is 234 g/mol. The van der Waals surface area contributed by atoms with E-state index in [1.807, 2.05) is 6.92 Å². The molecule has 4 heteroatoms. The fourth-order valence-corrected chi connectivity index (χ4v) is 2.97. The van der Waals surface area contributed by atoms with Crippen molar-refractivity contribution in [3.8, 4) is 0 Å². The highest BCUT2D eigenvalue weighted by Gasteiger charge is 2.08. The molecule has 0 radical (unpaired) electrons. The van der Waals surface area contributed by atoms with Crippen molar-refractivity contribution in [2.75, 3.05) is 18.6 Å². The molecule has 0 rings (SSSR count). The highest BCUT2D eigenvalue weighted by Crippen LogP contribution is 2.06. The SMILES string of the molecule is CCCCCCCCCNC(C)CS(C)(=O)=O. The lowest BCUT2D eigenvalue weighted by molar-refractivity contribution is 0.525. The largest absolute Gasteiger partial charge is 0.313 e. The van der Waals surface area contributed by atoms with Crippen LogP contribution in [0.3, 0.4) is 0 Å². The molecule has 0 saturated carbocycles. The van der Waals surface area contributed by atoms with E-state index in [-0.39, 0.29) is 11.8 Å². The van der Waals surface area contributed by atoms with Crippen LogP contribution in [0.15, 0.2) is 0 Å². The van der Waals surface area contributed by atoms with E-state index in [0.717, 1.165) is 13.0 Å². The van der Waals surface area contributed by atoms with E-state index in [4.69, 9.17) is 0 Å². The number of unbranched alkanes of at least 4 members (excludes halogenated alkanes) is 6. The number of hydrogen-bond donors (Lipinski definition) is 1. The summed E-state index contributed by atoms with van der Waals surface area (Å²) in [7, 11) is -2.84. The van der Waals surface area contributed by atoms with Crippen LogP contribution in [-0.4, -0.2) is 33.0 Å². The van der Waals surface area contributed by atoms with E-state index >= 15 is 0 Å². The number of hydrogen-bond acceptors (Lipinski definition) is 3. The summed E-state index contributed by atoms with van der Waals surface area (Å²) in [6, 6.07) is 0.0742. The molecule has 0 fully saturated rings. The van der Waals surface area contributed by atoms with Gasteiger partial charge in [0, 0.05) is 12.3 Å². The number of sulfone groups is 1. The lowest BCUT2D eigenvalue weighted by Gasteiger charge is -2.12. The summed E-state index contributed by atoms with van der Waals surface area (Å²) in [5.41, 5.74) is 0. The molecule has 1 unspecified atom stereocenters. The maximum absolute atomic E-state index is 11.0. The molecule has 0 spiro atoms. The Labute approximate surface area is 107 Å². The van der Waals surface area contributed by atoms with Crippen molar-refractivity contribution in [2.24, 2.45) is 0 Å². The fraction of sp³-hybridized carbons (Fsp3) is 1.00. The first kappa shape index (κ1) is 16.9. The molecular formula is C13H29NO2S. The van der Waals surface area contributed by atoms with Gasteiger partial charge < -0.3 is 5.32 Å². The van der Waals surface area contributed by atoms with E-state index in [1.54, 1.807) is 0 Å². The van der Waals surface area contributed by atoms with E-state index in [1.165, 1.54) is 44.8 Å². The van der Waals surface area contributed by atoms with Crippen LogP contribution in [0.1, 0.15) is 58.8 Å². The Kier molecular flexibility index (Phi) is 9.84. The molecule has 3 nitrogen and oxygen atoms in total. The molecule has 104 valence electrons. The normalized spacial score (nSPS) is 13.8. The summed E-state index contributed by atoms with van der Waals surface area (Å²) in [5.74, 6) is 0.240. The molecule has 0 aliphatic rings. The van der Waals surface area contributed by atoms with Crippen molar-refractivity contribution >= 4 is 9.84 Å². The first-order chi connectivity index (χ1) is 7.95. The molecule has 0 aromatic rings. The highest BCUT2D eigenvalue weighted by molar-refractivity contribution is 7.90. The van der Waals surface area contributed by atoms with Crippen LogP contribution in [0.5, 0.6) is 0 Å². The van der Waals surface area contributed by atoms with E-state index in [2.05, 4.69) is 12.2 Å². The summed E-state index contributed by atoms with van der Waals surface area (Å²) in [5, 5.41) is 3.26. The Morgan fingerprint density at radius 3 is 2.06 bits per heavy atom. The average molecular weight is 263 g/mol. The lowest BCUT2D eigenvalue weighted by Crippen LogP contribution is -2.33. The van der Waals surface area contributed by atoms with Crippen LogP contribution in [0.4, 0.5) is 0 Å². The molecule has 0 bridgehead atoms. The minimum Gasteiger partial charge on any atom is -0.313 e. The quantitative estimate of drug-likeness (QED) is 0.583. The first-order valence-corrected chi connectivity index (χ1v) is 8.93. The molecule has 0 aromatic heterocycles. The maximum Gasteiger partial charge on any atom is 0.148 e. The Morgan fingerprint density at radius 2 is 1.53 bits per heavy atom. The van der Waals surface area contributed by atoms with Crippen molar-refractivity contribution in [1.82, 2.24) is 5.32 Å². The van der Waals surface area contributed by atoms with E-state index < -0.39 is 9.84 Å². The standard InChI is InChI=1S/C13H29NO2S/c1-4-5-6-7-8-9-10-11-14-13(2)12-17(3,15)16/h13-14H,4-12H2,1-3H3. The molecule has 1 atom stereocenters. The van der Waals surface area contributed by atoms with Crippen molar-refractivity contribution in [1.29, 1.82) is 0 Å². The van der Waals surface area contributed by atoms with Gasteiger partial charge in [-0.15, -0.1) is 0 Å². The average Bonchev–Trinajstić information content (AvgIpc) is 2.19. The monoisotopic (exact) mass is 263 g/mol. The Bertz CT molecular complexity index is 263. The van der Waals surface area contributed by atoms with Crippen LogP contribution in [-0.2, 0) is 9.84 Å². The molecule has 0 aliphatic carbocycles. The Morgan fingerprint density at radius 1 is 1.00 bits per heavy atom. The van der Waals surface area contributed by atoms with Gasteiger partial charge in [-0.3, -0.25) is 0 Å². The summed E-state index contributed by atoms with van der Waals surface area (Å²) in [4.78, 5) is 0. The van der Waals surface area contributed by atoms with Crippen molar-refractivity contribution in [3.05, 3.63) is 0 Å². The zero-order valence-corrected chi connectivity index (χ0v) is 12.5.